The fraction of sp³-hybridized carbons (Fsp3) is 0.259. The summed E-state index contributed by atoms with van der Waals surface area (Å²) in [4.78, 5) is 33.6. The highest BCUT2D eigenvalue weighted by Crippen LogP contribution is 2.36. The summed E-state index contributed by atoms with van der Waals surface area (Å²) in [6.45, 7) is 8.28. The molecule has 0 aliphatic carbocycles. The number of anilines is 1. The number of nitrogens with zero attached hydrogens (tertiary/aromatic N) is 5. The predicted molar refractivity (Wildman–Crippen MR) is 151 cm³/mol. The zero-order valence-electron chi connectivity index (χ0n) is 22.2. The van der Waals surface area contributed by atoms with Gasteiger partial charge < -0.3 is 15.1 Å². The minimum Gasteiger partial charge on any atom is -0.416 e. The number of halogens is 1. The van der Waals surface area contributed by atoms with Crippen molar-refractivity contribution >= 4 is 46.3 Å². The van der Waals surface area contributed by atoms with Crippen LogP contribution in [0, 0.1) is 17.0 Å². The molecule has 12 nitrogen and oxygen atoms in total. The average molecular weight is 563 g/mol. The standard InChI is InChI=1S/C27H27ClN8O4/c1-5-35-13-17(12-29-35)15(3)30-25(37)22-16(4)31-26(33-23(22)18-10-9-14(2)11-19(18)28)34-27-32-20-7-6-8-21(36(38)39)24(20)40-27/h6-13,15,23H,5H2,1-4H3,(H,30,37)(H2,31,32,33,34). The van der Waals surface area contributed by atoms with E-state index in [0.29, 0.717) is 27.4 Å². The molecule has 0 saturated heterocycles. The maximum Gasteiger partial charge on any atom is 0.313 e. The molecule has 3 N–H and O–H groups in total. The van der Waals surface area contributed by atoms with Gasteiger partial charge in [-0.1, -0.05) is 29.8 Å². The summed E-state index contributed by atoms with van der Waals surface area (Å²) in [5, 5.41) is 25.2. The number of oxazole rings is 1. The molecule has 5 rings (SSSR count). The Morgan fingerprint density at radius 2 is 2.10 bits per heavy atom. The third-order valence-electron chi connectivity index (χ3n) is 6.58. The van der Waals surface area contributed by atoms with Gasteiger partial charge in [-0.05, 0) is 45.4 Å². The van der Waals surface area contributed by atoms with Crippen LogP contribution in [0.3, 0.4) is 0 Å². The highest BCUT2D eigenvalue weighted by molar-refractivity contribution is 6.31. The molecule has 0 bridgehead atoms. The van der Waals surface area contributed by atoms with E-state index in [0.717, 1.165) is 17.7 Å². The van der Waals surface area contributed by atoms with Crippen molar-refractivity contribution in [2.45, 2.75) is 46.3 Å². The summed E-state index contributed by atoms with van der Waals surface area (Å²) >= 11 is 6.64. The number of carbonyl (C=O) groups is 1. The topological polar surface area (TPSA) is 153 Å². The first kappa shape index (κ1) is 26.9. The fourth-order valence-corrected chi connectivity index (χ4v) is 4.82. The number of hydrogen-bond acceptors (Lipinski definition) is 9. The van der Waals surface area contributed by atoms with Crippen molar-refractivity contribution in [2.24, 2.45) is 4.99 Å². The lowest BCUT2D eigenvalue weighted by Gasteiger charge is -2.28. The van der Waals surface area contributed by atoms with E-state index in [2.05, 4.69) is 26.0 Å². The number of rotatable bonds is 7. The van der Waals surface area contributed by atoms with E-state index >= 15 is 0 Å². The predicted octanol–water partition coefficient (Wildman–Crippen LogP) is 5.18. The summed E-state index contributed by atoms with van der Waals surface area (Å²) in [6.07, 6.45) is 3.62. The summed E-state index contributed by atoms with van der Waals surface area (Å²) in [5.41, 5.74) is 3.56. The Morgan fingerprint density at radius 3 is 2.80 bits per heavy atom. The van der Waals surface area contributed by atoms with Gasteiger partial charge in [0.15, 0.2) is 0 Å². The molecule has 2 aromatic heterocycles. The quantitative estimate of drug-likeness (QED) is 0.206. The second-order valence-corrected chi connectivity index (χ2v) is 9.83. The molecular weight excluding hydrogens is 536 g/mol. The first-order valence-electron chi connectivity index (χ1n) is 12.6. The third kappa shape index (κ3) is 5.25. The number of allylic oxidation sites excluding steroid dienone is 1. The number of carbonyl (C=O) groups excluding carboxylic acids is 1. The van der Waals surface area contributed by atoms with Crippen molar-refractivity contribution in [3.05, 3.63) is 91.9 Å². The molecule has 2 aromatic carbocycles. The lowest BCUT2D eigenvalue weighted by atomic mass is 9.94. The molecule has 1 aliphatic heterocycles. The molecule has 3 heterocycles. The highest BCUT2D eigenvalue weighted by Gasteiger charge is 2.32. The molecule has 2 unspecified atom stereocenters. The molecule has 206 valence electrons. The molecular formula is C27H27ClN8O4. The van der Waals surface area contributed by atoms with Gasteiger partial charge in [0.2, 0.25) is 11.5 Å². The average Bonchev–Trinajstić information content (AvgIpc) is 3.55. The third-order valence-corrected chi connectivity index (χ3v) is 6.91. The van der Waals surface area contributed by atoms with Gasteiger partial charge in [0.05, 0.1) is 22.7 Å². The first-order valence-corrected chi connectivity index (χ1v) is 13.0. The maximum absolute atomic E-state index is 13.7. The number of amides is 1. The molecule has 4 aromatic rings. The van der Waals surface area contributed by atoms with E-state index < -0.39 is 11.0 Å². The number of nitro groups is 1. The molecule has 0 radical (unpaired) electrons. The van der Waals surface area contributed by atoms with Crippen LogP contribution in [0.5, 0.6) is 0 Å². The molecule has 40 heavy (non-hydrogen) atoms. The second-order valence-electron chi connectivity index (χ2n) is 9.42. The van der Waals surface area contributed by atoms with Crippen molar-refractivity contribution in [3.63, 3.8) is 0 Å². The van der Waals surface area contributed by atoms with Crippen LogP contribution in [0.4, 0.5) is 11.7 Å². The van der Waals surface area contributed by atoms with Crippen LogP contribution in [-0.4, -0.2) is 31.6 Å². The highest BCUT2D eigenvalue weighted by atomic mass is 35.5. The maximum atomic E-state index is 13.7. The lowest BCUT2D eigenvalue weighted by Crippen LogP contribution is -2.39. The van der Waals surface area contributed by atoms with Crippen molar-refractivity contribution < 1.29 is 14.1 Å². The molecule has 13 heteroatoms. The van der Waals surface area contributed by atoms with E-state index in [4.69, 9.17) is 21.0 Å². The Kier molecular flexibility index (Phi) is 7.26. The summed E-state index contributed by atoms with van der Waals surface area (Å²) in [6, 6.07) is 8.98. The van der Waals surface area contributed by atoms with Crippen LogP contribution in [0.15, 0.2) is 69.5 Å². The largest absolute Gasteiger partial charge is 0.416 e. The monoisotopic (exact) mass is 562 g/mol. The Hall–Kier alpha value is -4.71. The molecule has 1 amide bonds. The van der Waals surface area contributed by atoms with Crippen molar-refractivity contribution in [2.75, 3.05) is 5.32 Å². The number of nitrogens with one attached hydrogen (secondary N) is 3. The van der Waals surface area contributed by atoms with Gasteiger partial charge in [0.1, 0.15) is 11.6 Å². The number of para-hydroxylation sites is 1. The van der Waals surface area contributed by atoms with Crippen molar-refractivity contribution in [1.82, 2.24) is 25.4 Å². The Balaban J connectivity index is 1.48. The van der Waals surface area contributed by atoms with Crippen LogP contribution in [0.1, 0.15) is 49.5 Å². The molecule has 0 fully saturated rings. The van der Waals surface area contributed by atoms with Crippen molar-refractivity contribution in [3.8, 4) is 0 Å². The van der Waals surface area contributed by atoms with Gasteiger partial charge >= 0.3 is 11.7 Å². The number of non-ortho nitro benzene ring substituents is 1. The minimum absolute atomic E-state index is 0.00608. The first-order chi connectivity index (χ1) is 19.1. The molecule has 0 spiro atoms. The number of fused-ring (bicyclic) bond motifs is 1. The SMILES string of the molecule is CCn1cc(C(C)NC(=O)C2=C(C)NC(Nc3nc4cccc([N+](=O)[O-])c4o3)=NC2c2ccc(C)cc2Cl)cn1. The molecule has 1 aliphatic rings. The summed E-state index contributed by atoms with van der Waals surface area (Å²) in [5.74, 6) is -0.0779. The minimum atomic E-state index is -0.763. The number of hydrogen-bond donors (Lipinski definition) is 3. The van der Waals surface area contributed by atoms with E-state index in [1.54, 1.807) is 23.9 Å². The number of guanidine groups is 1. The van der Waals surface area contributed by atoms with E-state index in [1.165, 1.54) is 12.1 Å². The van der Waals surface area contributed by atoms with Gasteiger partial charge in [-0.2, -0.15) is 10.1 Å². The normalized spacial score (nSPS) is 15.9. The van der Waals surface area contributed by atoms with Gasteiger partial charge in [-0.25, -0.2) is 4.99 Å². The molecule has 2 atom stereocenters. The fourth-order valence-electron chi connectivity index (χ4n) is 4.48. The van der Waals surface area contributed by atoms with E-state index in [1.807, 2.05) is 45.2 Å². The number of aryl methyl sites for hydroxylation is 2. The number of benzene rings is 2. The van der Waals surface area contributed by atoms with Crippen LogP contribution in [0.25, 0.3) is 11.1 Å². The summed E-state index contributed by atoms with van der Waals surface area (Å²) in [7, 11) is 0. The smallest absolute Gasteiger partial charge is 0.313 e. The van der Waals surface area contributed by atoms with Crippen LogP contribution in [-0.2, 0) is 11.3 Å². The van der Waals surface area contributed by atoms with E-state index in [9.17, 15) is 14.9 Å². The number of aliphatic imine (C=N–C) groups is 1. The van der Waals surface area contributed by atoms with Gasteiger partial charge in [0.25, 0.3) is 5.91 Å². The number of nitro benzene ring substituents is 1. The zero-order valence-corrected chi connectivity index (χ0v) is 23.0. The van der Waals surface area contributed by atoms with Gasteiger partial charge in [0, 0.05) is 40.7 Å². The van der Waals surface area contributed by atoms with Gasteiger partial charge in [-0.15, -0.1) is 0 Å². The van der Waals surface area contributed by atoms with E-state index in [-0.39, 0.29) is 35.2 Å². The second kappa shape index (κ2) is 10.8. The summed E-state index contributed by atoms with van der Waals surface area (Å²) < 4.78 is 7.45. The Bertz CT molecular complexity index is 1690. The lowest BCUT2D eigenvalue weighted by molar-refractivity contribution is -0.383. The Morgan fingerprint density at radius 1 is 1.30 bits per heavy atom. The van der Waals surface area contributed by atoms with Crippen LogP contribution >= 0.6 is 11.6 Å². The van der Waals surface area contributed by atoms with Crippen LogP contribution < -0.4 is 16.0 Å². The number of aromatic nitrogens is 3. The van der Waals surface area contributed by atoms with Gasteiger partial charge in [-0.3, -0.25) is 24.9 Å². The Labute approximate surface area is 234 Å². The zero-order chi connectivity index (χ0) is 28.6. The molecule has 0 saturated carbocycles. The van der Waals surface area contributed by atoms with Crippen molar-refractivity contribution in [1.29, 1.82) is 0 Å². The van der Waals surface area contributed by atoms with Crippen LogP contribution in [0.2, 0.25) is 5.02 Å².